The summed E-state index contributed by atoms with van der Waals surface area (Å²) >= 11 is 0. The van der Waals surface area contributed by atoms with Crippen molar-refractivity contribution in [1.82, 2.24) is 10.2 Å². The molecule has 5 unspecified atom stereocenters. The zero-order valence-corrected chi connectivity index (χ0v) is 35.0. The maximum atomic E-state index is 12.1. The maximum Gasteiger partial charge on any atom is 0.335 e. The van der Waals surface area contributed by atoms with E-state index >= 15 is 0 Å². The highest BCUT2D eigenvalue weighted by Crippen LogP contribution is 2.72. The standard InChI is InChI=1S/C44H70N2O6S/c1-9-19-44(45-23-24-46-25-27-53(49,50)28-26-46)22-17-35-33(36(44)29-41(4,52-8)30-51-7)14-15-38-42(35,5)21-18-37-40(2,3)34(16-20-43(37,38)6)31-10-12-32(13-11-31)39(47)48/h10-13,16,33,35-38,45H,9,14-15,17-30H2,1-8H3,(H,47,48)/t33-,35?,36?,37?,38?,41?,42-,43-,44-/m0/s1. The first kappa shape index (κ1) is 40.9. The zero-order chi connectivity index (χ0) is 38.5. The van der Waals surface area contributed by atoms with Crippen LogP contribution in [0, 0.1) is 45.8 Å². The topological polar surface area (TPSA) is 105 Å². The summed E-state index contributed by atoms with van der Waals surface area (Å²) in [4.78, 5) is 13.9. The van der Waals surface area contributed by atoms with Gasteiger partial charge >= 0.3 is 5.97 Å². The van der Waals surface area contributed by atoms with Crippen LogP contribution in [-0.4, -0.2) is 94.0 Å². The van der Waals surface area contributed by atoms with Crippen molar-refractivity contribution in [3.8, 4) is 0 Å². The van der Waals surface area contributed by atoms with Gasteiger partial charge in [-0.2, -0.15) is 0 Å². The maximum absolute atomic E-state index is 12.1. The van der Waals surface area contributed by atoms with Crippen LogP contribution < -0.4 is 5.32 Å². The van der Waals surface area contributed by atoms with Crippen LogP contribution in [0.5, 0.6) is 0 Å². The molecule has 2 N–H and O–H groups in total. The number of nitrogens with zero attached hydrogens (tertiary/aromatic N) is 1. The summed E-state index contributed by atoms with van der Waals surface area (Å²) in [6, 6.07) is 7.56. The Bertz CT molecular complexity index is 1600. The molecule has 4 fully saturated rings. The van der Waals surface area contributed by atoms with Crippen LogP contribution in [0.1, 0.15) is 122 Å². The number of carboxylic acids is 1. The number of fused-ring (bicyclic) bond motifs is 5. The van der Waals surface area contributed by atoms with Crippen molar-refractivity contribution in [2.24, 2.45) is 45.8 Å². The van der Waals surface area contributed by atoms with E-state index in [1.165, 1.54) is 37.7 Å². The molecule has 8 nitrogen and oxygen atoms in total. The number of rotatable bonds is 13. The van der Waals surface area contributed by atoms with Gasteiger partial charge in [0.2, 0.25) is 0 Å². The van der Waals surface area contributed by atoms with Crippen molar-refractivity contribution >= 4 is 21.4 Å². The van der Waals surface area contributed by atoms with Crippen LogP contribution in [0.4, 0.5) is 0 Å². The summed E-state index contributed by atoms with van der Waals surface area (Å²) < 4.78 is 36.3. The summed E-state index contributed by atoms with van der Waals surface area (Å²) in [6.45, 7) is 18.4. The minimum atomic E-state index is -2.90. The van der Waals surface area contributed by atoms with E-state index in [9.17, 15) is 18.3 Å². The van der Waals surface area contributed by atoms with Crippen LogP contribution in [0.2, 0.25) is 0 Å². The molecule has 4 aliphatic carbocycles. The molecule has 1 aliphatic heterocycles. The minimum Gasteiger partial charge on any atom is -0.478 e. The van der Waals surface area contributed by atoms with Crippen LogP contribution in [-0.2, 0) is 19.3 Å². The minimum absolute atomic E-state index is 0.00973. The van der Waals surface area contributed by atoms with Gasteiger partial charge in [-0.05, 0) is 134 Å². The molecule has 53 heavy (non-hydrogen) atoms. The van der Waals surface area contributed by atoms with Gasteiger partial charge in [0.1, 0.15) is 0 Å². The van der Waals surface area contributed by atoms with Crippen LogP contribution in [0.25, 0.3) is 5.57 Å². The molecule has 9 heteroatoms. The average Bonchev–Trinajstić information content (AvgIpc) is 3.10. The zero-order valence-electron chi connectivity index (χ0n) is 34.1. The fourth-order valence-electron chi connectivity index (χ4n) is 13.5. The van der Waals surface area contributed by atoms with Crippen molar-refractivity contribution in [3.63, 3.8) is 0 Å². The molecule has 0 amide bonds. The highest BCUT2D eigenvalue weighted by molar-refractivity contribution is 7.91. The number of allylic oxidation sites excluding steroid dienone is 2. The molecule has 1 saturated heterocycles. The van der Waals surface area contributed by atoms with Crippen LogP contribution in [0.3, 0.4) is 0 Å². The van der Waals surface area contributed by atoms with Crippen LogP contribution >= 0.6 is 0 Å². The summed E-state index contributed by atoms with van der Waals surface area (Å²) in [5.41, 5.74) is 2.98. The first-order valence-corrected chi connectivity index (χ1v) is 22.6. The molecule has 1 aromatic rings. The average molecular weight is 755 g/mol. The summed E-state index contributed by atoms with van der Waals surface area (Å²) in [6.07, 6.45) is 14.2. The lowest BCUT2D eigenvalue weighted by atomic mass is 9.36. The van der Waals surface area contributed by atoms with Gasteiger partial charge < -0.3 is 24.8 Å². The molecular formula is C44H70N2O6S. The smallest absolute Gasteiger partial charge is 0.335 e. The molecule has 5 aliphatic rings. The quantitative estimate of drug-likeness (QED) is 0.209. The Morgan fingerprint density at radius 2 is 1.68 bits per heavy atom. The molecule has 1 heterocycles. The van der Waals surface area contributed by atoms with Gasteiger partial charge in [-0.25, -0.2) is 13.2 Å². The van der Waals surface area contributed by atoms with Crippen molar-refractivity contribution in [2.45, 2.75) is 117 Å². The Morgan fingerprint density at radius 3 is 2.30 bits per heavy atom. The van der Waals surface area contributed by atoms with Crippen molar-refractivity contribution in [2.75, 3.05) is 58.5 Å². The first-order valence-electron chi connectivity index (χ1n) is 20.7. The normalized spacial score (nSPS) is 37.7. The Morgan fingerprint density at radius 1 is 0.981 bits per heavy atom. The predicted molar refractivity (Wildman–Crippen MR) is 214 cm³/mol. The van der Waals surface area contributed by atoms with Gasteiger partial charge in [0.05, 0.1) is 29.3 Å². The van der Waals surface area contributed by atoms with E-state index in [2.05, 4.69) is 57.8 Å². The number of aromatic carboxylic acids is 1. The van der Waals surface area contributed by atoms with Crippen molar-refractivity contribution < 1.29 is 27.8 Å². The number of nitrogens with one attached hydrogen (secondary N) is 1. The van der Waals surface area contributed by atoms with E-state index in [4.69, 9.17) is 9.47 Å². The van der Waals surface area contributed by atoms with Crippen molar-refractivity contribution in [3.05, 3.63) is 41.5 Å². The molecule has 3 saturated carbocycles. The second kappa shape index (κ2) is 15.3. The highest BCUT2D eigenvalue weighted by atomic mass is 32.2. The summed E-state index contributed by atoms with van der Waals surface area (Å²) in [5.74, 6) is 2.60. The van der Waals surface area contributed by atoms with Gasteiger partial charge in [-0.15, -0.1) is 0 Å². The Balaban J connectivity index is 1.28. The molecule has 6 rings (SSSR count). The van der Waals surface area contributed by atoms with Gasteiger partial charge in [0.25, 0.3) is 0 Å². The second-order valence-corrected chi connectivity index (χ2v) is 21.5. The third-order valence-corrected chi connectivity index (χ3v) is 17.6. The number of carboxylic acid groups (broad SMARTS) is 1. The lowest BCUT2D eigenvalue weighted by Gasteiger charge is -2.69. The fourth-order valence-corrected chi connectivity index (χ4v) is 14.8. The molecule has 0 radical (unpaired) electrons. The number of methoxy groups -OCH3 is 2. The second-order valence-electron chi connectivity index (χ2n) is 19.2. The Kier molecular flexibility index (Phi) is 11.8. The summed E-state index contributed by atoms with van der Waals surface area (Å²) in [5, 5.41) is 13.7. The number of hydrogen-bond acceptors (Lipinski definition) is 7. The third-order valence-electron chi connectivity index (χ3n) is 16.0. The lowest BCUT2D eigenvalue weighted by molar-refractivity contribution is -0.184. The van der Waals surface area contributed by atoms with Gasteiger partial charge in [0.15, 0.2) is 9.84 Å². The molecular weight excluding hydrogens is 685 g/mol. The highest BCUT2D eigenvalue weighted by Gasteiger charge is 2.65. The third kappa shape index (κ3) is 7.57. The number of hydrogen-bond donors (Lipinski definition) is 2. The number of carbonyl (C=O) groups is 1. The van der Waals surface area contributed by atoms with Gasteiger partial charge in [0, 0.05) is 45.9 Å². The molecule has 1 aromatic carbocycles. The molecule has 0 aromatic heterocycles. The van der Waals surface area contributed by atoms with E-state index in [-0.39, 0.29) is 38.9 Å². The van der Waals surface area contributed by atoms with Gasteiger partial charge in [-0.3, -0.25) is 0 Å². The van der Waals surface area contributed by atoms with Crippen molar-refractivity contribution in [1.29, 1.82) is 0 Å². The van der Waals surface area contributed by atoms with E-state index in [0.29, 0.717) is 54.8 Å². The van der Waals surface area contributed by atoms with Gasteiger partial charge in [-0.1, -0.05) is 59.2 Å². The molecule has 298 valence electrons. The Hall–Kier alpha value is -1.78. The molecule has 0 spiro atoms. The lowest BCUT2D eigenvalue weighted by Crippen LogP contribution is -2.66. The largest absolute Gasteiger partial charge is 0.478 e. The number of benzene rings is 1. The van der Waals surface area contributed by atoms with E-state index < -0.39 is 15.8 Å². The van der Waals surface area contributed by atoms with Crippen LogP contribution in [0.15, 0.2) is 30.3 Å². The number of sulfone groups is 1. The monoisotopic (exact) mass is 754 g/mol. The molecule has 9 atom stereocenters. The summed E-state index contributed by atoms with van der Waals surface area (Å²) in [7, 11) is 0.749. The van der Waals surface area contributed by atoms with E-state index in [1.807, 2.05) is 19.2 Å². The number of ether oxygens (including phenoxy) is 2. The Labute approximate surface area is 321 Å². The molecule has 0 bridgehead atoms. The van der Waals surface area contributed by atoms with E-state index in [1.54, 1.807) is 19.2 Å². The fraction of sp³-hybridized carbons (Fsp3) is 0.795. The first-order chi connectivity index (χ1) is 25.0. The SMILES string of the molecule is CCC[C@]1(NCCN2CCS(=O)(=O)CC2)CCC2[C@H](CCC3[C@@]2(C)CCC2C(C)(C)C(c4ccc(C(=O)O)cc4)=CC[C@@]23C)C1CC(C)(COC)OC. The predicted octanol–water partition coefficient (Wildman–Crippen LogP) is 7.97. The van der Waals surface area contributed by atoms with E-state index in [0.717, 1.165) is 50.8 Å².